The van der Waals surface area contributed by atoms with Gasteiger partial charge in [0.05, 0.1) is 0 Å². The molecule has 0 aromatic carbocycles. The predicted molar refractivity (Wildman–Crippen MR) is 114 cm³/mol. The first-order chi connectivity index (χ1) is 12.9. The van der Waals surface area contributed by atoms with Gasteiger partial charge in [-0.3, -0.25) is 4.79 Å². The molecule has 0 radical (unpaired) electrons. The van der Waals surface area contributed by atoms with Gasteiger partial charge in [-0.1, -0.05) is 27.7 Å². The maximum Gasteiger partial charge on any atom is 0.222 e. The van der Waals surface area contributed by atoms with Crippen molar-refractivity contribution in [2.24, 2.45) is 11.3 Å². The zero-order valence-corrected chi connectivity index (χ0v) is 18.3. The Morgan fingerprint density at radius 1 is 1.11 bits per heavy atom. The first-order valence-corrected chi connectivity index (χ1v) is 11.2. The van der Waals surface area contributed by atoms with Crippen LogP contribution in [0.5, 0.6) is 0 Å². The maximum atomic E-state index is 12.3. The fraction of sp³-hybridized carbons (Fsp3) is 0.955. The van der Waals surface area contributed by atoms with E-state index in [0.29, 0.717) is 29.7 Å². The third-order valence-corrected chi connectivity index (χ3v) is 6.04. The minimum Gasteiger partial charge on any atom is -0.381 e. The Morgan fingerprint density at radius 3 is 2.44 bits per heavy atom. The number of ether oxygens (including phenoxy) is 1. The molecule has 0 atom stereocenters. The second-order valence-corrected chi connectivity index (χ2v) is 9.45. The average molecular weight is 384 g/mol. The number of nitrogens with zero attached hydrogens (tertiary/aromatic N) is 2. The number of carbonyl (C=O) groups is 1. The van der Waals surface area contributed by atoms with E-state index >= 15 is 0 Å². The number of carbonyl (C=O) groups excluding carboxylic acids is 1. The summed E-state index contributed by atoms with van der Waals surface area (Å²) < 4.78 is 5.62. The number of hydrogen-bond donors (Lipinski definition) is 1. The molecule has 0 bridgehead atoms. The molecule has 0 aromatic rings. The van der Waals surface area contributed by atoms with Crippen LogP contribution in [0.1, 0.15) is 67.6 Å². The summed E-state index contributed by atoms with van der Waals surface area (Å²) in [5.74, 6) is 1.02. The second-order valence-electron chi connectivity index (χ2n) is 9.45. The molecule has 5 nitrogen and oxygen atoms in total. The highest BCUT2D eigenvalue weighted by Crippen LogP contribution is 2.40. The summed E-state index contributed by atoms with van der Waals surface area (Å²) in [7, 11) is 0. The molecular weight excluding hydrogens is 338 g/mol. The number of rotatable bonds is 12. The Hall–Kier alpha value is -0.650. The van der Waals surface area contributed by atoms with E-state index in [1.165, 1.54) is 38.9 Å². The average Bonchev–Trinajstić information content (AvgIpc) is 2.59. The van der Waals surface area contributed by atoms with E-state index in [4.69, 9.17) is 4.74 Å². The molecule has 2 heterocycles. The van der Waals surface area contributed by atoms with E-state index < -0.39 is 0 Å². The Balaban J connectivity index is 0.00000392. The van der Waals surface area contributed by atoms with Crippen molar-refractivity contribution in [1.29, 1.82) is 0 Å². The SMILES string of the molecule is CC(C)CCOCCCC(=O)N1CC2(CCN(CCCNC(C)C)CC2)C1.[HH]. The molecule has 5 heteroatoms. The van der Waals surface area contributed by atoms with Crippen molar-refractivity contribution in [2.45, 2.75) is 72.3 Å². The van der Waals surface area contributed by atoms with E-state index in [-0.39, 0.29) is 1.43 Å². The molecule has 2 fully saturated rings. The van der Waals surface area contributed by atoms with E-state index in [1.54, 1.807) is 0 Å². The summed E-state index contributed by atoms with van der Waals surface area (Å²) in [6.07, 6.45) is 6.35. The van der Waals surface area contributed by atoms with Crippen LogP contribution in [0.25, 0.3) is 0 Å². The highest BCUT2D eigenvalue weighted by atomic mass is 16.5. The molecule has 1 N–H and O–H groups in total. The molecule has 2 saturated heterocycles. The van der Waals surface area contributed by atoms with Crippen molar-refractivity contribution in [3.63, 3.8) is 0 Å². The van der Waals surface area contributed by atoms with Crippen LogP contribution in [-0.4, -0.2) is 74.2 Å². The van der Waals surface area contributed by atoms with Gasteiger partial charge in [0, 0.05) is 45.6 Å². The third kappa shape index (κ3) is 8.08. The number of likely N-dealkylation sites (tertiary alicyclic amines) is 2. The number of nitrogens with one attached hydrogen (secondary N) is 1. The summed E-state index contributed by atoms with van der Waals surface area (Å²) in [5, 5.41) is 3.49. The lowest BCUT2D eigenvalue weighted by Gasteiger charge is -2.54. The topological polar surface area (TPSA) is 44.8 Å². The van der Waals surface area contributed by atoms with Gasteiger partial charge < -0.3 is 19.9 Å². The molecule has 1 spiro atoms. The van der Waals surface area contributed by atoms with Crippen LogP contribution in [0.4, 0.5) is 0 Å². The largest absolute Gasteiger partial charge is 0.381 e. The zero-order valence-electron chi connectivity index (χ0n) is 18.3. The number of piperidine rings is 1. The van der Waals surface area contributed by atoms with Crippen molar-refractivity contribution in [1.82, 2.24) is 15.1 Å². The minimum absolute atomic E-state index is 0. The van der Waals surface area contributed by atoms with Crippen LogP contribution in [0.15, 0.2) is 0 Å². The Bertz CT molecular complexity index is 429. The summed E-state index contributed by atoms with van der Waals surface area (Å²) in [4.78, 5) is 17.0. The summed E-state index contributed by atoms with van der Waals surface area (Å²) in [5.41, 5.74) is 0.427. The quantitative estimate of drug-likeness (QED) is 0.525. The molecule has 0 saturated carbocycles. The summed E-state index contributed by atoms with van der Waals surface area (Å²) in [6.45, 7) is 17.1. The van der Waals surface area contributed by atoms with Gasteiger partial charge in [-0.2, -0.15) is 0 Å². The van der Waals surface area contributed by atoms with Gasteiger partial charge >= 0.3 is 0 Å². The number of hydrogen-bond acceptors (Lipinski definition) is 4. The molecule has 2 aliphatic heterocycles. The van der Waals surface area contributed by atoms with Crippen LogP contribution in [-0.2, 0) is 9.53 Å². The second kappa shape index (κ2) is 11.4. The number of amides is 1. The lowest BCUT2D eigenvalue weighted by atomic mass is 9.72. The van der Waals surface area contributed by atoms with E-state index in [0.717, 1.165) is 45.7 Å². The van der Waals surface area contributed by atoms with Gasteiger partial charge in [0.1, 0.15) is 0 Å². The molecule has 0 aromatic heterocycles. The standard InChI is InChI=1S/C22H43N3O2.H2/c1-19(2)8-16-27-15-5-7-21(26)25-17-22(18-25)9-13-24(14-10-22)12-6-11-23-20(3)4;/h19-20,23H,5-18H2,1-4H3;1H. The zero-order chi connectivity index (χ0) is 19.7. The predicted octanol–water partition coefficient (Wildman–Crippen LogP) is 3.39. The Kier molecular flexibility index (Phi) is 9.54. The monoisotopic (exact) mass is 383 g/mol. The van der Waals surface area contributed by atoms with E-state index in [1.807, 2.05) is 0 Å². The van der Waals surface area contributed by atoms with Crippen molar-refractivity contribution in [3.8, 4) is 0 Å². The van der Waals surface area contributed by atoms with Crippen LogP contribution >= 0.6 is 0 Å². The molecule has 160 valence electrons. The van der Waals surface area contributed by atoms with E-state index in [9.17, 15) is 4.79 Å². The van der Waals surface area contributed by atoms with E-state index in [2.05, 4.69) is 42.8 Å². The lowest BCUT2D eigenvalue weighted by Crippen LogP contribution is -2.61. The highest BCUT2D eigenvalue weighted by molar-refractivity contribution is 5.77. The summed E-state index contributed by atoms with van der Waals surface area (Å²) in [6, 6.07) is 0.583. The molecular formula is C22H45N3O2. The molecule has 2 rings (SSSR count). The van der Waals surface area contributed by atoms with Crippen LogP contribution < -0.4 is 5.32 Å². The van der Waals surface area contributed by atoms with Crippen molar-refractivity contribution < 1.29 is 11.0 Å². The molecule has 0 aliphatic carbocycles. The first-order valence-electron chi connectivity index (χ1n) is 11.2. The minimum atomic E-state index is 0. The molecule has 1 amide bonds. The fourth-order valence-electron chi connectivity index (χ4n) is 4.11. The normalized spacial score (nSPS) is 19.9. The maximum absolute atomic E-state index is 12.3. The Labute approximate surface area is 168 Å². The van der Waals surface area contributed by atoms with Gasteiger partial charge in [0.25, 0.3) is 0 Å². The van der Waals surface area contributed by atoms with Crippen molar-refractivity contribution in [3.05, 3.63) is 0 Å². The lowest BCUT2D eigenvalue weighted by molar-refractivity contribution is -0.147. The van der Waals surface area contributed by atoms with Crippen LogP contribution in [0, 0.1) is 11.3 Å². The van der Waals surface area contributed by atoms with Crippen LogP contribution in [0.2, 0.25) is 0 Å². The highest BCUT2D eigenvalue weighted by Gasteiger charge is 2.46. The fourth-order valence-corrected chi connectivity index (χ4v) is 4.11. The van der Waals surface area contributed by atoms with Gasteiger partial charge in [0.2, 0.25) is 5.91 Å². The van der Waals surface area contributed by atoms with Crippen molar-refractivity contribution in [2.75, 3.05) is 52.5 Å². The third-order valence-electron chi connectivity index (χ3n) is 6.04. The van der Waals surface area contributed by atoms with Gasteiger partial charge in [-0.05, 0) is 64.2 Å². The summed E-state index contributed by atoms with van der Waals surface area (Å²) >= 11 is 0. The van der Waals surface area contributed by atoms with Crippen molar-refractivity contribution >= 4 is 5.91 Å². The molecule has 27 heavy (non-hydrogen) atoms. The molecule has 0 unspecified atom stereocenters. The first kappa shape index (κ1) is 22.6. The Morgan fingerprint density at radius 2 is 1.81 bits per heavy atom. The van der Waals surface area contributed by atoms with Gasteiger partial charge in [0.15, 0.2) is 0 Å². The van der Waals surface area contributed by atoms with Gasteiger partial charge in [-0.25, -0.2) is 0 Å². The molecule has 2 aliphatic rings. The smallest absolute Gasteiger partial charge is 0.222 e. The van der Waals surface area contributed by atoms with Crippen LogP contribution in [0.3, 0.4) is 0 Å². The van der Waals surface area contributed by atoms with Gasteiger partial charge in [-0.15, -0.1) is 0 Å².